The Morgan fingerprint density at radius 3 is 3.00 bits per heavy atom. The maximum atomic E-state index is 5.71. The number of fused-ring (bicyclic) bond motifs is 1. The molecule has 0 radical (unpaired) electrons. The van der Waals surface area contributed by atoms with E-state index < -0.39 is 0 Å². The van der Waals surface area contributed by atoms with Crippen molar-refractivity contribution in [2.45, 2.75) is 51.2 Å². The Balaban J connectivity index is 1.46. The molecular formula is C12H21NO. The molecule has 2 saturated carbocycles. The number of rotatable bonds is 3. The first-order valence-electron chi connectivity index (χ1n) is 6.12. The summed E-state index contributed by atoms with van der Waals surface area (Å²) in [5, 5.41) is 3.74. The molecule has 2 heteroatoms. The highest BCUT2D eigenvalue weighted by Gasteiger charge is 2.45. The summed E-state index contributed by atoms with van der Waals surface area (Å²) in [5.74, 6) is 0.839. The van der Waals surface area contributed by atoms with Crippen LogP contribution in [0.5, 0.6) is 0 Å². The van der Waals surface area contributed by atoms with Gasteiger partial charge in [-0.1, -0.05) is 6.92 Å². The molecule has 0 aromatic rings. The maximum absolute atomic E-state index is 5.71. The SMILES string of the molecule is CC1(CNC2CC3OCCCC23)CC1. The summed E-state index contributed by atoms with van der Waals surface area (Å²) in [6.07, 6.45) is 7.39. The largest absolute Gasteiger partial charge is 0.378 e. The van der Waals surface area contributed by atoms with Gasteiger partial charge in [-0.3, -0.25) is 0 Å². The first kappa shape index (κ1) is 9.17. The zero-order valence-corrected chi connectivity index (χ0v) is 9.09. The highest BCUT2D eigenvalue weighted by molar-refractivity contribution is 4.99. The molecule has 3 fully saturated rings. The lowest BCUT2D eigenvalue weighted by Gasteiger charge is -2.48. The summed E-state index contributed by atoms with van der Waals surface area (Å²) in [4.78, 5) is 0. The molecule has 1 saturated heterocycles. The first-order valence-corrected chi connectivity index (χ1v) is 6.12. The van der Waals surface area contributed by atoms with Gasteiger partial charge in [0.2, 0.25) is 0 Å². The predicted octanol–water partition coefficient (Wildman–Crippen LogP) is 1.94. The molecule has 3 rings (SSSR count). The van der Waals surface area contributed by atoms with Crippen molar-refractivity contribution in [1.82, 2.24) is 5.32 Å². The molecule has 80 valence electrons. The van der Waals surface area contributed by atoms with Crippen LogP contribution in [-0.4, -0.2) is 25.3 Å². The normalized spacial score (nSPS) is 43.9. The summed E-state index contributed by atoms with van der Waals surface area (Å²) in [7, 11) is 0. The third-order valence-corrected chi connectivity index (χ3v) is 4.39. The summed E-state index contributed by atoms with van der Waals surface area (Å²) < 4.78 is 5.71. The summed E-state index contributed by atoms with van der Waals surface area (Å²) >= 11 is 0. The van der Waals surface area contributed by atoms with E-state index in [1.54, 1.807) is 0 Å². The van der Waals surface area contributed by atoms with Gasteiger partial charge in [-0.2, -0.15) is 0 Å². The highest BCUT2D eigenvalue weighted by Crippen LogP contribution is 2.45. The Labute approximate surface area is 86.4 Å². The van der Waals surface area contributed by atoms with Crippen LogP contribution in [0.2, 0.25) is 0 Å². The van der Waals surface area contributed by atoms with Gasteiger partial charge in [0, 0.05) is 25.1 Å². The second-order valence-electron chi connectivity index (χ2n) is 5.75. The van der Waals surface area contributed by atoms with Gasteiger partial charge < -0.3 is 10.1 Å². The molecular weight excluding hydrogens is 174 g/mol. The van der Waals surface area contributed by atoms with Crippen LogP contribution in [0.4, 0.5) is 0 Å². The van der Waals surface area contributed by atoms with E-state index in [1.807, 2.05) is 0 Å². The second-order valence-corrected chi connectivity index (χ2v) is 5.75. The van der Waals surface area contributed by atoms with Crippen LogP contribution >= 0.6 is 0 Å². The van der Waals surface area contributed by atoms with E-state index in [0.717, 1.165) is 18.6 Å². The van der Waals surface area contributed by atoms with Crippen molar-refractivity contribution in [3.05, 3.63) is 0 Å². The van der Waals surface area contributed by atoms with E-state index in [-0.39, 0.29) is 0 Å². The van der Waals surface area contributed by atoms with Crippen molar-refractivity contribution >= 4 is 0 Å². The van der Waals surface area contributed by atoms with E-state index in [9.17, 15) is 0 Å². The molecule has 0 aromatic heterocycles. The lowest BCUT2D eigenvalue weighted by Crippen LogP contribution is -2.57. The van der Waals surface area contributed by atoms with Gasteiger partial charge >= 0.3 is 0 Å². The summed E-state index contributed by atoms with van der Waals surface area (Å²) in [6.45, 7) is 4.64. The lowest BCUT2D eigenvalue weighted by molar-refractivity contribution is -0.103. The average Bonchev–Trinajstić information content (AvgIpc) is 2.86. The number of hydrogen-bond acceptors (Lipinski definition) is 2. The molecule has 1 N–H and O–H groups in total. The summed E-state index contributed by atoms with van der Waals surface area (Å²) in [6, 6.07) is 0.776. The van der Waals surface area contributed by atoms with Crippen LogP contribution in [0.15, 0.2) is 0 Å². The predicted molar refractivity (Wildman–Crippen MR) is 56.2 cm³/mol. The Hall–Kier alpha value is -0.0800. The molecule has 0 bridgehead atoms. The van der Waals surface area contributed by atoms with E-state index in [4.69, 9.17) is 4.74 Å². The van der Waals surface area contributed by atoms with Gasteiger partial charge in [-0.15, -0.1) is 0 Å². The second kappa shape index (κ2) is 3.21. The minimum atomic E-state index is 0.605. The van der Waals surface area contributed by atoms with Crippen LogP contribution in [-0.2, 0) is 4.74 Å². The van der Waals surface area contributed by atoms with Crippen LogP contribution in [0.1, 0.15) is 39.0 Å². The van der Waals surface area contributed by atoms with Gasteiger partial charge in [0.15, 0.2) is 0 Å². The highest BCUT2D eigenvalue weighted by atomic mass is 16.5. The molecule has 0 aromatic carbocycles. The van der Waals surface area contributed by atoms with Crippen molar-refractivity contribution in [2.75, 3.05) is 13.2 Å². The molecule has 2 aliphatic carbocycles. The molecule has 3 aliphatic rings. The number of nitrogens with one attached hydrogen (secondary N) is 1. The topological polar surface area (TPSA) is 21.3 Å². The molecule has 0 amide bonds. The molecule has 3 atom stereocenters. The van der Waals surface area contributed by atoms with Crippen molar-refractivity contribution in [3.8, 4) is 0 Å². The fraction of sp³-hybridized carbons (Fsp3) is 1.00. The third kappa shape index (κ3) is 1.59. The van der Waals surface area contributed by atoms with Crippen molar-refractivity contribution in [2.24, 2.45) is 11.3 Å². The smallest absolute Gasteiger partial charge is 0.0633 e. The monoisotopic (exact) mass is 195 g/mol. The number of ether oxygens (including phenoxy) is 1. The zero-order valence-electron chi connectivity index (χ0n) is 9.09. The molecule has 1 heterocycles. The molecule has 2 nitrogen and oxygen atoms in total. The minimum Gasteiger partial charge on any atom is -0.378 e. The van der Waals surface area contributed by atoms with Gasteiger partial charge in [-0.25, -0.2) is 0 Å². The Bertz CT molecular complexity index is 224. The van der Waals surface area contributed by atoms with Crippen LogP contribution in [0, 0.1) is 11.3 Å². The van der Waals surface area contributed by atoms with Gasteiger partial charge in [-0.05, 0) is 37.5 Å². The van der Waals surface area contributed by atoms with Gasteiger partial charge in [0.1, 0.15) is 0 Å². The van der Waals surface area contributed by atoms with Gasteiger partial charge in [0.05, 0.1) is 6.10 Å². The fourth-order valence-corrected chi connectivity index (χ4v) is 2.80. The van der Waals surface area contributed by atoms with E-state index >= 15 is 0 Å². The van der Waals surface area contributed by atoms with Crippen LogP contribution in [0.3, 0.4) is 0 Å². The van der Waals surface area contributed by atoms with E-state index in [2.05, 4.69) is 12.2 Å². The average molecular weight is 195 g/mol. The third-order valence-electron chi connectivity index (χ3n) is 4.39. The van der Waals surface area contributed by atoms with Crippen molar-refractivity contribution in [1.29, 1.82) is 0 Å². The Morgan fingerprint density at radius 1 is 1.43 bits per heavy atom. The van der Waals surface area contributed by atoms with Gasteiger partial charge in [0.25, 0.3) is 0 Å². The number of hydrogen-bond donors (Lipinski definition) is 1. The lowest BCUT2D eigenvalue weighted by atomic mass is 9.72. The molecule has 1 aliphatic heterocycles. The maximum Gasteiger partial charge on any atom is 0.0633 e. The summed E-state index contributed by atoms with van der Waals surface area (Å²) in [5.41, 5.74) is 0.653. The standard InChI is InChI=1S/C12H21NO/c1-12(4-5-12)8-13-10-7-11-9(10)3-2-6-14-11/h9-11,13H,2-8H2,1H3. The van der Waals surface area contributed by atoms with E-state index in [0.29, 0.717) is 11.5 Å². The van der Waals surface area contributed by atoms with Crippen LogP contribution < -0.4 is 5.32 Å². The molecule has 0 spiro atoms. The van der Waals surface area contributed by atoms with E-state index in [1.165, 1.54) is 38.6 Å². The zero-order chi connectivity index (χ0) is 9.60. The molecule has 14 heavy (non-hydrogen) atoms. The van der Waals surface area contributed by atoms with Crippen LogP contribution in [0.25, 0.3) is 0 Å². The van der Waals surface area contributed by atoms with Crippen molar-refractivity contribution in [3.63, 3.8) is 0 Å². The first-order chi connectivity index (χ1) is 6.77. The molecule has 3 unspecified atom stereocenters. The Kier molecular flexibility index (Phi) is 2.10. The Morgan fingerprint density at radius 2 is 2.29 bits per heavy atom. The van der Waals surface area contributed by atoms with Crippen molar-refractivity contribution < 1.29 is 4.74 Å². The minimum absolute atomic E-state index is 0.605. The fourth-order valence-electron chi connectivity index (χ4n) is 2.80. The quantitative estimate of drug-likeness (QED) is 0.743.